The molecule has 3 aromatic carbocycles. The first-order valence-corrected chi connectivity index (χ1v) is 10.9. The lowest BCUT2D eigenvalue weighted by Crippen LogP contribution is -2.30. The summed E-state index contributed by atoms with van der Waals surface area (Å²) in [5, 5.41) is 7.34. The Hall–Kier alpha value is -2.65. The molecule has 2 N–H and O–H groups in total. The highest BCUT2D eigenvalue weighted by Crippen LogP contribution is 2.27. The Labute approximate surface area is 180 Å². The van der Waals surface area contributed by atoms with Crippen molar-refractivity contribution in [3.05, 3.63) is 102 Å². The van der Waals surface area contributed by atoms with Crippen LogP contribution in [0.25, 0.3) is 0 Å². The monoisotopic (exact) mass is 402 g/mol. The van der Waals surface area contributed by atoms with Crippen LogP contribution in [0.3, 0.4) is 0 Å². The standard InChI is InChI=1S/C26H30N2S/c1-2-3-10-21-15-17-24(18-16-21)28-26(29)27-20-19-25(22-11-6-4-7-12-22)23-13-8-5-9-14-23/h4-9,11-18,25H,2-3,10,19-20H2,1H3,(H2,27,28,29). The van der Waals surface area contributed by atoms with Crippen LogP contribution >= 0.6 is 12.2 Å². The van der Waals surface area contributed by atoms with Gasteiger partial charge >= 0.3 is 0 Å². The van der Waals surface area contributed by atoms with E-state index in [1.165, 1.54) is 29.5 Å². The molecular formula is C26H30N2S. The molecule has 0 aliphatic rings. The molecule has 150 valence electrons. The lowest BCUT2D eigenvalue weighted by atomic mass is 9.88. The van der Waals surface area contributed by atoms with Crippen molar-refractivity contribution in [3.8, 4) is 0 Å². The van der Waals surface area contributed by atoms with E-state index in [0.717, 1.165) is 25.1 Å². The number of anilines is 1. The van der Waals surface area contributed by atoms with Crippen LogP contribution in [-0.4, -0.2) is 11.7 Å². The maximum atomic E-state index is 5.50. The second-order valence-electron chi connectivity index (χ2n) is 7.34. The van der Waals surface area contributed by atoms with E-state index in [1.807, 2.05) is 0 Å². The topological polar surface area (TPSA) is 24.1 Å². The van der Waals surface area contributed by atoms with Crippen molar-refractivity contribution in [2.75, 3.05) is 11.9 Å². The van der Waals surface area contributed by atoms with Crippen LogP contribution in [0.4, 0.5) is 5.69 Å². The van der Waals surface area contributed by atoms with Crippen molar-refractivity contribution in [3.63, 3.8) is 0 Å². The Balaban J connectivity index is 1.53. The van der Waals surface area contributed by atoms with Crippen LogP contribution in [-0.2, 0) is 6.42 Å². The van der Waals surface area contributed by atoms with Crippen LogP contribution in [0.2, 0.25) is 0 Å². The van der Waals surface area contributed by atoms with Gasteiger partial charge in [-0.2, -0.15) is 0 Å². The van der Waals surface area contributed by atoms with Crippen molar-refractivity contribution in [2.24, 2.45) is 0 Å². The number of unbranched alkanes of at least 4 members (excludes halogenated alkanes) is 1. The number of aryl methyl sites for hydroxylation is 1. The highest BCUT2D eigenvalue weighted by molar-refractivity contribution is 7.80. The second kappa shape index (κ2) is 11.4. The zero-order valence-electron chi connectivity index (χ0n) is 17.1. The first-order valence-electron chi connectivity index (χ1n) is 10.5. The van der Waals surface area contributed by atoms with E-state index in [0.29, 0.717) is 11.0 Å². The van der Waals surface area contributed by atoms with Crippen LogP contribution in [0.5, 0.6) is 0 Å². The molecule has 29 heavy (non-hydrogen) atoms. The van der Waals surface area contributed by atoms with Crippen LogP contribution in [0.15, 0.2) is 84.9 Å². The Morgan fingerprint density at radius 3 is 1.97 bits per heavy atom. The van der Waals surface area contributed by atoms with E-state index in [1.54, 1.807) is 0 Å². The van der Waals surface area contributed by atoms with Crippen molar-refractivity contribution >= 4 is 23.0 Å². The van der Waals surface area contributed by atoms with Gasteiger partial charge in [-0.1, -0.05) is 86.1 Å². The van der Waals surface area contributed by atoms with Crippen LogP contribution in [0, 0.1) is 0 Å². The third kappa shape index (κ3) is 6.72. The number of hydrogen-bond donors (Lipinski definition) is 2. The highest BCUT2D eigenvalue weighted by Gasteiger charge is 2.13. The lowest BCUT2D eigenvalue weighted by molar-refractivity contribution is 0.694. The normalized spacial score (nSPS) is 10.7. The first kappa shape index (κ1) is 21.1. The van der Waals surface area contributed by atoms with E-state index in [2.05, 4.69) is 102 Å². The van der Waals surface area contributed by atoms with Crippen molar-refractivity contribution in [1.82, 2.24) is 5.32 Å². The van der Waals surface area contributed by atoms with Gasteiger partial charge in [-0.3, -0.25) is 0 Å². The third-order valence-electron chi connectivity index (χ3n) is 5.15. The van der Waals surface area contributed by atoms with Gasteiger partial charge in [0.1, 0.15) is 0 Å². The summed E-state index contributed by atoms with van der Waals surface area (Å²) in [5.41, 5.74) is 5.08. The van der Waals surface area contributed by atoms with E-state index >= 15 is 0 Å². The van der Waals surface area contributed by atoms with Crippen molar-refractivity contribution in [1.29, 1.82) is 0 Å². The number of nitrogens with one attached hydrogen (secondary N) is 2. The number of benzene rings is 3. The molecule has 0 aromatic heterocycles. The lowest BCUT2D eigenvalue weighted by Gasteiger charge is -2.19. The fourth-order valence-electron chi connectivity index (χ4n) is 3.54. The third-order valence-corrected chi connectivity index (χ3v) is 5.40. The molecule has 0 heterocycles. The summed E-state index contributed by atoms with van der Waals surface area (Å²) in [6.07, 6.45) is 4.57. The Morgan fingerprint density at radius 2 is 1.41 bits per heavy atom. The van der Waals surface area contributed by atoms with E-state index in [9.17, 15) is 0 Å². The maximum Gasteiger partial charge on any atom is 0.170 e. The van der Waals surface area contributed by atoms with Gasteiger partial charge < -0.3 is 10.6 Å². The van der Waals surface area contributed by atoms with Crippen molar-refractivity contribution < 1.29 is 0 Å². The molecule has 0 saturated heterocycles. The zero-order valence-corrected chi connectivity index (χ0v) is 17.9. The summed E-state index contributed by atoms with van der Waals surface area (Å²) in [4.78, 5) is 0. The molecule has 0 spiro atoms. The first-order chi connectivity index (χ1) is 14.3. The highest BCUT2D eigenvalue weighted by atomic mass is 32.1. The predicted octanol–water partition coefficient (Wildman–Crippen LogP) is 6.54. The molecule has 0 bridgehead atoms. The summed E-state index contributed by atoms with van der Waals surface area (Å²) in [6.45, 7) is 3.04. The average molecular weight is 403 g/mol. The van der Waals surface area contributed by atoms with E-state index < -0.39 is 0 Å². The smallest absolute Gasteiger partial charge is 0.170 e. The molecular weight excluding hydrogens is 372 g/mol. The van der Waals surface area contributed by atoms with Gasteiger partial charge in [0, 0.05) is 18.2 Å². The molecule has 3 aromatic rings. The summed E-state index contributed by atoms with van der Waals surface area (Å²) >= 11 is 5.50. The van der Waals surface area contributed by atoms with Gasteiger partial charge in [-0.05, 0) is 60.3 Å². The number of thiocarbonyl (C=S) groups is 1. The Morgan fingerprint density at radius 1 is 0.828 bits per heavy atom. The summed E-state index contributed by atoms with van der Waals surface area (Å²) < 4.78 is 0. The zero-order chi connectivity index (χ0) is 20.3. The molecule has 0 saturated carbocycles. The molecule has 0 amide bonds. The van der Waals surface area contributed by atoms with Gasteiger partial charge in [0.15, 0.2) is 5.11 Å². The molecule has 3 heteroatoms. The number of rotatable bonds is 9. The molecule has 0 unspecified atom stereocenters. The second-order valence-corrected chi connectivity index (χ2v) is 7.75. The largest absolute Gasteiger partial charge is 0.362 e. The molecule has 0 aliphatic carbocycles. The fraction of sp³-hybridized carbons (Fsp3) is 0.269. The average Bonchev–Trinajstić information content (AvgIpc) is 2.77. The summed E-state index contributed by atoms with van der Waals surface area (Å²) in [5.74, 6) is 0.352. The van der Waals surface area contributed by atoms with E-state index in [4.69, 9.17) is 12.2 Å². The summed E-state index contributed by atoms with van der Waals surface area (Å²) in [7, 11) is 0. The number of hydrogen-bond acceptors (Lipinski definition) is 1. The van der Waals surface area contributed by atoms with Gasteiger partial charge in [0.2, 0.25) is 0 Å². The SMILES string of the molecule is CCCCc1ccc(NC(=S)NCCC(c2ccccc2)c2ccccc2)cc1. The molecule has 0 fully saturated rings. The predicted molar refractivity (Wildman–Crippen MR) is 129 cm³/mol. The van der Waals surface area contributed by atoms with Gasteiger partial charge in [-0.25, -0.2) is 0 Å². The fourth-order valence-corrected chi connectivity index (χ4v) is 3.76. The maximum absolute atomic E-state index is 5.50. The molecule has 0 radical (unpaired) electrons. The van der Waals surface area contributed by atoms with Crippen LogP contribution in [0.1, 0.15) is 48.8 Å². The molecule has 2 nitrogen and oxygen atoms in total. The molecule has 0 aliphatic heterocycles. The van der Waals surface area contributed by atoms with Gasteiger partial charge in [-0.15, -0.1) is 0 Å². The Bertz CT molecular complexity index is 821. The minimum Gasteiger partial charge on any atom is -0.362 e. The van der Waals surface area contributed by atoms with E-state index in [-0.39, 0.29) is 0 Å². The minimum atomic E-state index is 0.352. The van der Waals surface area contributed by atoms with Crippen LogP contribution < -0.4 is 10.6 Å². The molecule has 3 rings (SSSR count). The molecule has 0 atom stereocenters. The minimum absolute atomic E-state index is 0.352. The summed E-state index contributed by atoms with van der Waals surface area (Å²) in [6, 6.07) is 29.9. The quantitative estimate of drug-likeness (QED) is 0.397. The van der Waals surface area contributed by atoms with Gasteiger partial charge in [0.25, 0.3) is 0 Å². The van der Waals surface area contributed by atoms with Crippen molar-refractivity contribution in [2.45, 2.75) is 38.5 Å². The Kier molecular flexibility index (Phi) is 8.26. The van der Waals surface area contributed by atoms with Gasteiger partial charge in [0.05, 0.1) is 0 Å².